The summed E-state index contributed by atoms with van der Waals surface area (Å²) in [7, 11) is 0. The zero-order valence-electron chi connectivity index (χ0n) is 13.0. The number of nitrogens with one attached hydrogen (secondary N) is 2. The van der Waals surface area contributed by atoms with E-state index < -0.39 is 0 Å². The summed E-state index contributed by atoms with van der Waals surface area (Å²) in [6.07, 6.45) is 1.48. The van der Waals surface area contributed by atoms with E-state index in [1.54, 1.807) is 0 Å². The first-order valence-electron chi connectivity index (χ1n) is 8.04. The van der Waals surface area contributed by atoms with E-state index in [1.807, 2.05) is 12.1 Å². The topological polar surface area (TPSA) is 41.1 Å². The molecule has 0 bridgehead atoms. The molecule has 2 aliphatic heterocycles. The molecule has 3 atom stereocenters. The monoisotopic (exact) mass is 326 g/mol. The standard InChI is InChI=1S/C19H19ClN2O/c1-11-2-8-16-15(10-11)19-14(7-9-17(23)22-19)18(21-16)12-3-5-13(20)6-4-12/h2-6,8,10,14,18-19,21H,7,9H2,1H3,(H,22,23)/t14-,18+,19-/m0/s1. The quantitative estimate of drug-likeness (QED) is 0.816. The molecule has 23 heavy (non-hydrogen) atoms. The van der Waals surface area contributed by atoms with Gasteiger partial charge in [-0.25, -0.2) is 0 Å². The number of piperidine rings is 1. The largest absolute Gasteiger partial charge is 0.378 e. The fourth-order valence-electron chi connectivity index (χ4n) is 3.83. The van der Waals surface area contributed by atoms with Gasteiger partial charge in [-0.05, 0) is 42.7 Å². The number of fused-ring (bicyclic) bond motifs is 3. The number of aryl methyl sites for hydroxylation is 1. The van der Waals surface area contributed by atoms with Crippen LogP contribution < -0.4 is 10.6 Å². The average Bonchev–Trinajstić information content (AvgIpc) is 2.55. The Hall–Kier alpha value is -2.00. The Labute approximate surface area is 141 Å². The summed E-state index contributed by atoms with van der Waals surface area (Å²) >= 11 is 6.03. The first kappa shape index (κ1) is 14.6. The van der Waals surface area contributed by atoms with Crippen LogP contribution in [0.4, 0.5) is 5.69 Å². The van der Waals surface area contributed by atoms with Crippen LogP contribution in [0.1, 0.15) is 41.6 Å². The fraction of sp³-hybridized carbons (Fsp3) is 0.316. The number of rotatable bonds is 1. The summed E-state index contributed by atoms with van der Waals surface area (Å²) in [6.45, 7) is 2.09. The molecule has 4 rings (SSSR count). The zero-order valence-corrected chi connectivity index (χ0v) is 13.7. The maximum absolute atomic E-state index is 12.0. The SMILES string of the molecule is Cc1ccc2c(c1)[C@H]1NC(=O)CC[C@H]1[C@@H](c1ccc(Cl)cc1)N2. The summed E-state index contributed by atoms with van der Waals surface area (Å²) in [5.41, 5.74) is 4.74. The van der Waals surface area contributed by atoms with E-state index in [4.69, 9.17) is 11.6 Å². The van der Waals surface area contributed by atoms with Crippen LogP contribution in [0.5, 0.6) is 0 Å². The molecule has 2 aromatic rings. The number of anilines is 1. The molecular weight excluding hydrogens is 308 g/mol. The predicted molar refractivity (Wildman–Crippen MR) is 92.6 cm³/mol. The number of carbonyl (C=O) groups is 1. The van der Waals surface area contributed by atoms with Crippen LogP contribution >= 0.6 is 11.6 Å². The van der Waals surface area contributed by atoms with Gasteiger partial charge < -0.3 is 10.6 Å². The van der Waals surface area contributed by atoms with E-state index in [0.29, 0.717) is 12.3 Å². The molecule has 0 spiro atoms. The molecule has 2 aromatic carbocycles. The highest BCUT2D eigenvalue weighted by atomic mass is 35.5. The molecule has 2 aliphatic rings. The fourth-order valence-corrected chi connectivity index (χ4v) is 3.96. The Balaban J connectivity index is 1.78. The zero-order chi connectivity index (χ0) is 16.0. The highest BCUT2D eigenvalue weighted by Gasteiger charge is 2.40. The summed E-state index contributed by atoms with van der Waals surface area (Å²) in [4.78, 5) is 12.0. The van der Waals surface area contributed by atoms with Crippen molar-refractivity contribution in [2.24, 2.45) is 5.92 Å². The molecule has 0 saturated carbocycles. The second-order valence-corrected chi connectivity index (χ2v) is 6.95. The van der Waals surface area contributed by atoms with E-state index in [2.05, 4.69) is 47.9 Å². The van der Waals surface area contributed by atoms with Crippen LogP contribution in [0, 0.1) is 12.8 Å². The molecule has 2 heterocycles. The van der Waals surface area contributed by atoms with Crippen molar-refractivity contribution in [3.8, 4) is 0 Å². The molecule has 0 aromatic heterocycles. The molecule has 118 valence electrons. The maximum atomic E-state index is 12.0. The number of amides is 1. The Morgan fingerprint density at radius 1 is 1.04 bits per heavy atom. The molecule has 2 N–H and O–H groups in total. The van der Waals surface area contributed by atoms with Crippen LogP contribution in [0.25, 0.3) is 0 Å². The Morgan fingerprint density at radius 2 is 1.83 bits per heavy atom. The number of hydrogen-bond donors (Lipinski definition) is 2. The van der Waals surface area contributed by atoms with E-state index in [9.17, 15) is 4.79 Å². The van der Waals surface area contributed by atoms with Gasteiger partial charge in [0.2, 0.25) is 5.91 Å². The number of benzene rings is 2. The molecule has 1 amide bonds. The minimum absolute atomic E-state index is 0.0769. The molecule has 1 fully saturated rings. The highest BCUT2D eigenvalue weighted by molar-refractivity contribution is 6.30. The first-order chi connectivity index (χ1) is 11.1. The van der Waals surface area contributed by atoms with Gasteiger partial charge in [-0.2, -0.15) is 0 Å². The minimum Gasteiger partial charge on any atom is -0.378 e. The van der Waals surface area contributed by atoms with Crippen molar-refractivity contribution in [2.75, 3.05) is 5.32 Å². The van der Waals surface area contributed by atoms with Crippen molar-refractivity contribution in [2.45, 2.75) is 31.8 Å². The van der Waals surface area contributed by atoms with Gasteiger partial charge in [-0.15, -0.1) is 0 Å². The lowest BCUT2D eigenvalue weighted by atomic mass is 9.75. The normalized spacial score (nSPS) is 25.8. The molecular formula is C19H19ClN2O. The van der Waals surface area contributed by atoms with E-state index in [-0.39, 0.29) is 18.0 Å². The van der Waals surface area contributed by atoms with Gasteiger partial charge in [0.1, 0.15) is 0 Å². The second-order valence-electron chi connectivity index (χ2n) is 6.51. The van der Waals surface area contributed by atoms with Crippen molar-refractivity contribution in [3.63, 3.8) is 0 Å². The summed E-state index contributed by atoms with van der Waals surface area (Å²) in [5.74, 6) is 0.499. The van der Waals surface area contributed by atoms with Crippen molar-refractivity contribution < 1.29 is 4.79 Å². The van der Waals surface area contributed by atoms with Crippen molar-refractivity contribution in [3.05, 3.63) is 64.2 Å². The third-order valence-electron chi connectivity index (χ3n) is 4.96. The summed E-state index contributed by atoms with van der Waals surface area (Å²) in [5, 5.41) is 7.63. The summed E-state index contributed by atoms with van der Waals surface area (Å²) in [6, 6.07) is 14.7. The molecule has 1 saturated heterocycles. The van der Waals surface area contributed by atoms with Crippen LogP contribution in [-0.2, 0) is 4.79 Å². The number of halogens is 1. The van der Waals surface area contributed by atoms with Crippen LogP contribution in [0.3, 0.4) is 0 Å². The lowest BCUT2D eigenvalue weighted by Crippen LogP contribution is -2.45. The third-order valence-corrected chi connectivity index (χ3v) is 5.21. The lowest BCUT2D eigenvalue weighted by molar-refractivity contribution is -0.124. The smallest absolute Gasteiger partial charge is 0.220 e. The molecule has 4 heteroatoms. The van der Waals surface area contributed by atoms with Crippen LogP contribution in [0.15, 0.2) is 42.5 Å². The van der Waals surface area contributed by atoms with Gasteiger partial charge in [0.25, 0.3) is 0 Å². The average molecular weight is 327 g/mol. The number of carbonyl (C=O) groups excluding carboxylic acids is 1. The lowest BCUT2D eigenvalue weighted by Gasteiger charge is -2.44. The van der Waals surface area contributed by atoms with Crippen LogP contribution in [0.2, 0.25) is 5.02 Å². The Morgan fingerprint density at radius 3 is 2.61 bits per heavy atom. The first-order valence-corrected chi connectivity index (χ1v) is 8.41. The molecule has 0 radical (unpaired) electrons. The second kappa shape index (κ2) is 5.57. The van der Waals surface area contributed by atoms with E-state index in [1.165, 1.54) is 16.7 Å². The molecule has 0 unspecified atom stereocenters. The number of hydrogen-bond acceptors (Lipinski definition) is 2. The van der Waals surface area contributed by atoms with Gasteiger partial charge in [0.15, 0.2) is 0 Å². The van der Waals surface area contributed by atoms with Crippen LogP contribution in [-0.4, -0.2) is 5.91 Å². The van der Waals surface area contributed by atoms with Crippen molar-refractivity contribution in [1.82, 2.24) is 5.32 Å². The molecule has 0 aliphatic carbocycles. The van der Waals surface area contributed by atoms with Gasteiger partial charge >= 0.3 is 0 Å². The highest BCUT2D eigenvalue weighted by Crippen LogP contribution is 2.47. The molecule has 3 nitrogen and oxygen atoms in total. The minimum atomic E-state index is 0.0769. The van der Waals surface area contributed by atoms with Gasteiger partial charge in [0, 0.05) is 23.0 Å². The Bertz CT molecular complexity index is 756. The predicted octanol–water partition coefficient (Wildman–Crippen LogP) is 4.38. The maximum Gasteiger partial charge on any atom is 0.220 e. The van der Waals surface area contributed by atoms with Crippen molar-refractivity contribution >= 4 is 23.2 Å². The van der Waals surface area contributed by atoms with Gasteiger partial charge in [-0.1, -0.05) is 41.4 Å². The van der Waals surface area contributed by atoms with E-state index in [0.717, 1.165) is 17.1 Å². The summed E-state index contributed by atoms with van der Waals surface area (Å²) < 4.78 is 0. The van der Waals surface area contributed by atoms with Gasteiger partial charge in [-0.3, -0.25) is 4.79 Å². The Kier molecular flexibility index (Phi) is 3.53. The van der Waals surface area contributed by atoms with Crippen molar-refractivity contribution in [1.29, 1.82) is 0 Å². The third kappa shape index (κ3) is 2.59. The van der Waals surface area contributed by atoms with E-state index >= 15 is 0 Å². The van der Waals surface area contributed by atoms with Gasteiger partial charge in [0.05, 0.1) is 12.1 Å².